The molecule has 2 N–H and O–H groups in total. The van der Waals surface area contributed by atoms with Crippen molar-refractivity contribution in [1.82, 2.24) is 10.2 Å². The van der Waals surface area contributed by atoms with Crippen LogP contribution in [0, 0.1) is 0 Å². The summed E-state index contributed by atoms with van der Waals surface area (Å²) >= 11 is 0. The zero-order chi connectivity index (χ0) is 11.6. The standard InChI is InChI=1S/C13H26N2O/c1-13(2)7-8-14-9-12(10-16)15(13)11-5-3-4-6-11/h11-12,14,16H,3-10H2,1-2H3. The fourth-order valence-corrected chi connectivity index (χ4v) is 3.51. The van der Waals surface area contributed by atoms with Gasteiger partial charge < -0.3 is 10.4 Å². The Bertz CT molecular complexity index is 224. The van der Waals surface area contributed by atoms with Crippen LogP contribution in [0.3, 0.4) is 0 Å². The Kier molecular flexibility index (Phi) is 3.88. The van der Waals surface area contributed by atoms with Gasteiger partial charge in [-0.3, -0.25) is 4.90 Å². The summed E-state index contributed by atoms with van der Waals surface area (Å²) in [6.07, 6.45) is 6.55. The zero-order valence-electron chi connectivity index (χ0n) is 10.7. The molecule has 1 saturated heterocycles. The molecule has 0 spiro atoms. The van der Waals surface area contributed by atoms with E-state index in [1.165, 1.54) is 32.1 Å². The van der Waals surface area contributed by atoms with E-state index in [0.29, 0.717) is 12.1 Å². The summed E-state index contributed by atoms with van der Waals surface area (Å²) < 4.78 is 0. The second-order valence-electron chi connectivity index (χ2n) is 5.95. The number of aliphatic hydroxyl groups is 1. The van der Waals surface area contributed by atoms with Crippen molar-refractivity contribution in [2.24, 2.45) is 0 Å². The third-order valence-corrected chi connectivity index (χ3v) is 4.31. The van der Waals surface area contributed by atoms with Crippen LogP contribution >= 0.6 is 0 Å². The third-order valence-electron chi connectivity index (χ3n) is 4.31. The van der Waals surface area contributed by atoms with E-state index in [0.717, 1.165) is 13.1 Å². The molecule has 1 aliphatic carbocycles. The molecular weight excluding hydrogens is 200 g/mol. The lowest BCUT2D eigenvalue weighted by Crippen LogP contribution is -2.56. The Balaban J connectivity index is 2.17. The van der Waals surface area contributed by atoms with Crippen LogP contribution in [0.15, 0.2) is 0 Å². The van der Waals surface area contributed by atoms with Crippen molar-refractivity contribution in [2.45, 2.75) is 63.6 Å². The number of rotatable bonds is 2. The van der Waals surface area contributed by atoms with E-state index < -0.39 is 0 Å². The summed E-state index contributed by atoms with van der Waals surface area (Å²) in [6.45, 7) is 6.97. The van der Waals surface area contributed by atoms with Gasteiger partial charge in [-0.1, -0.05) is 12.8 Å². The Morgan fingerprint density at radius 1 is 1.31 bits per heavy atom. The van der Waals surface area contributed by atoms with Crippen molar-refractivity contribution < 1.29 is 5.11 Å². The van der Waals surface area contributed by atoms with E-state index in [-0.39, 0.29) is 12.1 Å². The molecule has 2 aliphatic rings. The fourth-order valence-electron chi connectivity index (χ4n) is 3.51. The average Bonchev–Trinajstić information content (AvgIpc) is 2.70. The summed E-state index contributed by atoms with van der Waals surface area (Å²) in [5.41, 5.74) is 0.228. The highest BCUT2D eigenvalue weighted by Gasteiger charge is 2.39. The molecule has 94 valence electrons. The van der Waals surface area contributed by atoms with Gasteiger partial charge in [-0.15, -0.1) is 0 Å². The lowest BCUT2D eigenvalue weighted by molar-refractivity contribution is 0.00820. The van der Waals surface area contributed by atoms with Crippen LogP contribution in [0.4, 0.5) is 0 Å². The highest BCUT2D eigenvalue weighted by molar-refractivity contribution is 4.96. The molecule has 1 aliphatic heterocycles. The predicted molar refractivity (Wildman–Crippen MR) is 66.5 cm³/mol. The van der Waals surface area contributed by atoms with Crippen molar-refractivity contribution in [3.05, 3.63) is 0 Å². The molecule has 0 aromatic heterocycles. The van der Waals surface area contributed by atoms with Gasteiger partial charge in [0.25, 0.3) is 0 Å². The number of nitrogens with zero attached hydrogens (tertiary/aromatic N) is 1. The highest BCUT2D eigenvalue weighted by Crippen LogP contribution is 2.33. The predicted octanol–water partition coefficient (Wildman–Crippen LogP) is 1.36. The molecule has 1 atom stereocenters. The number of nitrogens with one attached hydrogen (secondary N) is 1. The molecule has 1 unspecified atom stereocenters. The smallest absolute Gasteiger partial charge is 0.0599 e. The minimum atomic E-state index is 0.228. The molecule has 0 radical (unpaired) electrons. The lowest BCUT2D eigenvalue weighted by atomic mass is 9.94. The molecule has 1 saturated carbocycles. The molecule has 1 heterocycles. The summed E-state index contributed by atoms with van der Waals surface area (Å²) in [6, 6.07) is 1.01. The summed E-state index contributed by atoms with van der Waals surface area (Å²) in [5, 5.41) is 13.1. The van der Waals surface area contributed by atoms with E-state index in [4.69, 9.17) is 0 Å². The number of hydrogen-bond acceptors (Lipinski definition) is 3. The third kappa shape index (κ3) is 2.41. The SMILES string of the molecule is CC1(C)CCNCC(CO)N1C1CCCC1. The first-order valence-corrected chi connectivity index (χ1v) is 6.75. The summed E-state index contributed by atoms with van der Waals surface area (Å²) in [4.78, 5) is 2.61. The van der Waals surface area contributed by atoms with Crippen molar-refractivity contribution >= 4 is 0 Å². The van der Waals surface area contributed by atoms with Gasteiger partial charge in [0.15, 0.2) is 0 Å². The number of hydrogen-bond donors (Lipinski definition) is 2. The van der Waals surface area contributed by atoms with E-state index >= 15 is 0 Å². The van der Waals surface area contributed by atoms with Gasteiger partial charge in [-0.2, -0.15) is 0 Å². The van der Waals surface area contributed by atoms with Crippen LogP contribution in [0.1, 0.15) is 46.0 Å². The van der Waals surface area contributed by atoms with E-state index in [9.17, 15) is 5.11 Å². The molecule has 2 rings (SSSR count). The largest absolute Gasteiger partial charge is 0.395 e. The van der Waals surface area contributed by atoms with Crippen LogP contribution in [0.25, 0.3) is 0 Å². The van der Waals surface area contributed by atoms with Crippen LogP contribution in [0.2, 0.25) is 0 Å². The average molecular weight is 226 g/mol. The first-order valence-electron chi connectivity index (χ1n) is 6.75. The Hall–Kier alpha value is -0.120. The molecule has 3 heteroatoms. The molecule has 0 bridgehead atoms. The summed E-state index contributed by atoms with van der Waals surface area (Å²) in [5.74, 6) is 0. The van der Waals surface area contributed by atoms with Gasteiger partial charge >= 0.3 is 0 Å². The highest BCUT2D eigenvalue weighted by atomic mass is 16.3. The monoisotopic (exact) mass is 226 g/mol. The van der Waals surface area contributed by atoms with E-state index in [1.807, 2.05) is 0 Å². The fraction of sp³-hybridized carbons (Fsp3) is 1.00. The molecule has 0 aromatic carbocycles. The zero-order valence-corrected chi connectivity index (χ0v) is 10.7. The van der Waals surface area contributed by atoms with Crippen LogP contribution in [-0.2, 0) is 0 Å². The molecule has 2 fully saturated rings. The molecule has 3 nitrogen and oxygen atoms in total. The number of aliphatic hydroxyl groups excluding tert-OH is 1. The first kappa shape index (κ1) is 12.3. The maximum Gasteiger partial charge on any atom is 0.0599 e. The van der Waals surface area contributed by atoms with E-state index in [2.05, 4.69) is 24.1 Å². The Morgan fingerprint density at radius 2 is 2.00 bits per heavy atom. The van der Waals surface area contributed by atoms with Crippen molar-refractivity contribution in [1.29, 1.82) is 0 Å². The first-order chi connectivity index (χ1) is 7.65. The topological polar surface area (TPSA) is 35.5 Å². The van der Waals surface area contributed by atoms with Gasteiger partial charge in [0, 0.05) is 24.2 Å². The maximum atomic E-state index is 9.60. The van der Waals surface area contributed by atoms with Gasteiger partial charge in [0.1, 0.15) is 0 Å². The van der Waals surface area contributed by atoms with Gasteiger partial charge in [-0.25, -0.2) is 0 Å². The van der Waals surface area contributed by atoms with Gasteiger partial charge in [0.2, 0.25) is 0 Å². The van der Waals surface area contributed by atoms with Gasteiger partial charge in [0.05, 0.1) is 6.61 Å². The molecule has 16 heavy (non-hydrogen) atoms. The Labute approximate surface area is 99.2 Å². The molecule has 0 amide bonds. The lowest BCUT2D eigenvalue weighted by Gasteiger charge is -2.45. The normalized spacial score (nSPS) is 32.8. The molecule has 0 aromatic rings. The van der Waals surface area contributed by atoms with Crippen molar-refractivity contribution in [3.8, 4) is 0 Å². The van der Waals surface area contributed by atoms with Crippen LogP contribution in [0.5, 0.6) is 0 Å². The van der Waals surface area contributed by atoms with Gasteiger partial charge in [-0.05, 0) is 39.7 Å². The van der Waals surface area contributed by atoms with Crippen molar-refractivity contribution in [3.63, 3.8) is 0 Å². The minimum absolute atomic E-state index is 0.228. The van der Waals surface area contributed by atoms with Crippen LogP contribution < -0.4 is 5.32 Å². The second-order valence-corrected chi connectivity index (χ2v) is 5.95. The van der Waals surface area contributed by atoms with E-state index in [1.54, 1.807) is 0 Å². The van der Waals surface area contributed by atoms with Crippen LogP contribution in [-0.4, -0.2) is 47.3 Å². The minimum Gasteiger partial charge on any atom is -0.395 e. The Morgan fingerprint density at radius 3 is 2.62 bits per heavy atom. The summed E-state index contributed by atoms with van der Waals surface area (Å²) in [7, 11) is 0. The second kappa shape index (κ2) is 5.03. The quantitative estimate of drug-likeness (QED) is 0.746. The molecular formula is C13H26N2O. The van der Waals surface area contributed by atoms with Crippen molar-refractivity contribution in [2.75, 3.05) is 19.7 Å². The maximum absolute atomic E-state index is 9.60.